The van der Waals surface area contributed by atoms with Gasteiger partial charge in [0.2, 0.25) is 0 Å². The van der Waals surface area contributed by atoms with Gasteiger partial charge in [-0.3, -0.25) is 4.79 Å². The summed E-state index contributed by atoms with van der Waals surface area (Å²) in [6.07, 6.45) is 7.39. The summed E-state index contributed by atoms with van der Waals surface area (Å²) in [6, 6.07) is 16.6. The summed E-state index contributed by atoms with van der Waals surface area (Å²) < 4.78 is 1.81. The van der Waals surface area contributed by atoms with Crippen LogP contribution in [0.1, 0.15) is 65.0 Å². The third-order valence-corrected chi connectivity index (χ3v) is 5.74. The zero-order chi connectivity index (χ0) is 19.5. The fraction of sp³-hybridized carbons (Fsp3) is 0.333. The number of nitrogens with zero attached hydrogens (tertiary/aromatic N) is 2. The highest BCUT2D eigenvalue weighted by Crippen LogP contribution is 2.26. The van der Waals surface area contributed by atoms with Crippen LogP contribution >= 0.6 is 0 Å². The predicted octanol–water partition coefficient (Wildman–Crippen LogP) is 4.94. The first-order chi connectivity index (χ1) is 13.7. The fourth-order valence-corrected chi connectivity index (χ4v) is 4.09. The first-order valence-corrected chi connectivity index (χ1v) is 10.2. The summed E-state index contributed by atoms with van der Waals surface area (Å²) in [7, 11) is 0. The second-order valence-electron chi connectivity index (χ2n) is 7.56. The van der Waals surface area contributed by atoms with Gasteiger partial charge in [-0.2, -0.15) is 5.10 Å². The van der Waals surface area contributed by atoms with E-state index in [1.54, 1.807) is 6.20 Å². The number of aryl methyl sites for hydroxylation is 2. The van der Waals surface area contributed by atoms with Crippen molar-refractivity contribution in [3.05, 3.63) is 82.7 Å². The van der Waals surface area contributed by atoms with Gasteiger partial charge in [-0.25, -0.2) is 4.68 Å². The van der Waals surface area contributed by atoms with Crippen molar-refractivity contribution >= 4 is 5.91 Å². The van der Waals surface area contributed by atoms with Crippen molar-refractivity contribution < 1.29 is 4.79 Å². The largest absolute Gasteiger partial charge is 0.345 e. The number of benzene rings is 2. The van der Waals surface area contributed by atoms with Crippen LogP contribution < -0.4 is 5.32 Å². The Morgan fingerprint density at radius 2 is 1.86 bits per heavy atom. The summed E-state index contributed by atoms with van der Waals surface area (Å²) in [6.45, 7) is 4.05. The van der Waals surface area contributed by atoms with Crippen molar-refractivity contribution in [2.75, 3.05) is 0 Å². The molecular formula is C24H27N3O. The highest BCUT2D eigenvalue weighted by Gasteiger charge is 2.20. The maximum absolute atomic E-state index is 13.0. The molecule has 0 fully saturated rings. The van der Waals surface area contributed by atoms with Crippen LogP contribution in [0.15, 0.2) is 54.7 Å². The minimum Gasteiger partial charge on any atom is -0.345 e. The molecule has 1 amide bonds. The van der Waals surface area contributed by atoms with Crippen LogP contribution in [0.5, 0.6) is 0 Å². The molecule has 1 N–H and O–H groups in total. The number of amides is 1. The fourth-order valence-electron chi connectivity index (χ4n) is 4.09. The molecule has 0 spiro atoms. The lowest BCUT2D eigenvalue weighted by molar-refractivity contribution is 0.0935. The molecular weight excluding hydrogens is 346 g/mol. The number of aromatic nitrogens is 2. The monoisotopic (exact) mass is 373 g/mol. The van der Waals surface area contributed by atoms with Gasteiger partial charge in [-0.05, 0) is 67.9 Å². The molecule has 1 unspecified atom stereocenters. The lowest BCUT2D eigenvalue weighted by Gasteiger charge is -2.21. The van der Waals surface area contributed by atoms with Crippen molar-refractivity contribution in [3.8, 4) is 5.69 Å². The molecule has 144 valence electrons. The minimum absolute atomic E-state index is 0.0131. The van der Waals surface area contributed by atoms with Gasteiger partial charge in [-0.15, -0.1) is 0 Å². The Morgan fingerprint density at radius 1 is 1.11 bits per heavy atom. The summed E-state index contributed by atoms with van der Waals surface area (Å²) in [5.74, 6) is -0.0655. The molecule has 28 heavy (non-hydrogen) atoms. The summed E-state index contributed by atoms with van der Waals surface area (Å²) in [4.78, 5) is 13.0. The minimum atomic E-state index is -0.0655. The molecule has 1 aliphatic rings. The van der Waals surface area contributed by atoms with Crippen molar-refractivity contribution in [2.45, 2.75) is 52.0 Å². The van der Waals surface area contributed by atoms with E-state index in [4.69, 9.17) is 0 Å². The number of nitrogens with one attached hydrogen (secondary N) is 1. The molecule has 1 aromatic heterocycles. The first kappa shape index (κ1) is 18.5. The molecule has 2 aromatic carbocycles. The second-order valence-corrected chi connectivity index (χ2v) is 7.56. The Kier molecular flexibility index (Phi) is 5.29. The maximum atomic E-state index is 13.0. The van der Waals surface area contributed by atoms with Gasteiger partial charge in [-0.1, -0.05) is 43.3 Å². The van der Waals surface area contributed by atoms with Crippen molar-refractivity contribution in [1.29, 1.82) is 0 Å². The molecule has 0 bridgehead atoms. The third-order valence-electron chi connectivity index (χ3n) is 5.74. The van der Waals surface area contributed by atoms with Crippen LogP contribution in [-0.4, -0.2) is 15.7 Å². The summed E-state index contributed by atoms with van der Waals surface area (Å²) in [5, 5.41) is 7.65. The zero-order valence-electron chi connectivity index (χ0n) is 16.6. The molecule has 1 aliphatic carbocycles. The molecule has 4 rings (SSSR count). The maximum Gasteiger partial charge on any atom is 0.255 e. The molecule has 3 aromatic rings. The standard InChI is InChI=1S/C24H27N3O/c1-3-23(20-14-13-18-9-7-8-10-19(18)15-20)26-24(28)22-16-25-27(17(22)2)21-11-5-4-6-12-21/h4-6,11-16,23H,3,7-10H2,1-2H3,(H,26,28). The number of fused-ring (bicyclic) bond motifs is 1. The van der Waals surface area contributed by atoms with Gasteiger partial charge in [0.25, 0.3) is 5.91 Å². The van der Waals surface area contributed by atoms with Gasteiger partial charge >= 0.3 is 0 Å². The van der Waals surface area contributed by atoms with Crippen molar-refractivity contribution in [1.82, 2.24) is 15.1 Å². The SMILES string of the molecule is CCC(NC(=O)c1cnn(-c2ccccc2)c1C)c1ccc2c(c1)CCCC2. The number of rotatable bonds is 5. The first-order valence-electron chi connectivity index (χ1n) is 10.2. The van der Waals surface area contributed by atoms with E-state index in [0.717, 1.165) is 24.2 Å². The van der Waals surface area contributed by atoms with E-state index >= 15 is 0 Å². The van der Waals surface area contributed by atoms with Crippen molar-refractivity contribution in [2.24, 2.45) is 0 Å². The number of hydrogen-bond donors (Lipinski definition) is 1. The summed E-state index contributed by atoms with van der Waals surface area (Å²) >= 11 is 0. The number of hydrogen-bond acceptors (Lipinski definition) is 2. The molecule has 0 radical (unpaired) electrons. The molecule has 0 saturated heterocycles. The Morgan fingerprint density at radius 3 is 2.61 bits per heavy atom. The van der Waals surface area contributed by atoms with E-state index in [0.29, 0.717) is 5.56 Å². The quantitative estimate of drug-likeness (QED) is 0.688. The molecule has 1 atom stereocenters. The van der Waals surface area contributed by atoms with Gasteiger partial charge in [0.05, 0.1) is 29.2 Å². The van der Waals surface area contributed by atoms with Crippen LogP contribution in [0, 0.1) is 6.92 Å². The van der Waals surface area contributed by atoms with Crippen molar-refractivity contribution in [3.63, 3.8) is 0 Å². The van der Waals surface area contributed by atoms with Gasteiger partial charge in [0.1, 0.15) is 0 Å². The molecule has 4 heteroatoms. The number of carbonyl (C=O) groups is 1. The lowest BCUT2D eigenvalue weighted by Crippen LogP contribution is -2.28. The zero-order valence-corrected chi connectivity index (χ0v) is 16.6. The van der Waals surface area contributed by atoms with E-state index in [-0.39, 0.29) is 11.9 Å². The third kappa shape index (κ3) is 3.59. The van der Waals surface area contributed by atoms with Crippen LogP contribution in [0.3, 0.4) is 0 Å². The Hall–Kier alpha value is -2.88. The molecule has 4 nitrogen and oxygen atoms in total. The van der Waals surface area contributed by atoms with Crippen LogP contribution in [0.4, 0.5) is 0 Å². The number of para-hydroxylation sites is 1. The molecule has 0 saturated carbocycles. The topological polar surface area (TPSA) is 46.9 Å². The Labute approximate surface area is 166 Å². The van der Waals surface area contributed by atoms with Gasteiger partial charge in [0, 0.05) is 0 Å². The van der Waals surface area contributed by atoms with E-state index in [1.165, 1.54) is 36.0 Å². The highest BCUT2D eigenvalue weighted by atomic mass is 16.1. The Bertz CT molecular complexity index is 975. The molecule has 0 aliphatic heterocycles. The van der Waals surface area contributed by atoms with E-state index in [1.807, 2.05) is 41.9 Å². The number of carbonyl (C=O) groups excluding carboxylic acids is 1. The van der Waals surface area contributed by atoms with E-state index in [9.17, 15) is 4.79 Å². The second kappa shape index (κ2) is 8.01. The van der Waals surface area contributed by atoms with Crippen LogP contribution in [-0.2, 0) is 12.8 Å². The predicted molar refractivity (Wildman–Crippen MR) is 112 cm³/mol. The molecule has 1 heterocycles. The summed E-state index contributed by atoms with van der Waals surface area (Å²) in [5.41, 5.74) is 6.55. The van der Waals surface area contributed by atoms with E-state index in [2.05, 4.69) is 35.5 Å². The normalized spacial score (nSPS) is 14.4. The van der Waals surface area contributed by atoms with Gasteiger partial charge < -0.3 is 5.32 Å². The van der Waals surface area contributed by atoms with Crippen LogP contribution in [0.25, 0.3) is 5.69 Å². The average molecular weight is 374 g/mol. The smallest absolute Gasteiger partial charge is 0.255 e. The van der Waals surface area contributed by atoms with Crippen LogP contribution in [0.2, 0.25) is 0 Å². The van der Waals surface area contributed by atoms with E-state index < -0.39 is 0 Å². The lowest BCUT2D eigenvalue weighted by atomic mass is 9.88. The van der Waals surface area contributed by atoms with Gasteiger partial charge in [0.15, 0.2) is 0 Å². The Balaban J connectivity index is 1.55. The average Bonchev–Trinajstić information content (AvgIpc) is 3.13. The highest BCUT2D eigenvalue weighted by molar-refractivity contribution is 5.95.